The van der Waals surface area contributed by atoms with Crippen molar-refractivity contribution in [2.24, 2.45) is 5.41 Å². The number of carbonyl (C=O) groups excluding carboxylic acids is 1. The van der Waals surface area contributed by atoms with Crippen molar-refractivity contribution in [3.05, 3.63) is 29.8 Å². The van der Waals surface area contributed by atoms with Gasteiger partial charge in [-0.1, -0.05) is 37.5 Å². The predicted molar refractivity (Wildman–Crippen MR) is 69.1 cm³/mol. The van der Waals surface area contributed by atoms with Crippen LogP contribution in [0.3, 0.4) is 0 Å². The lowest BCUT2D eigenvalue weighted by Gasteiger charge is -2.30. The molecule has 1 aromatic rings. The molecule has 0 saturated heterocycles. The van der Waals surface area contributed by atoms with Gasteiger partial charge in [0.05, 0.1) is 5.41 Å². The van der Waals surface area contributed by atoms with E-state index in [4.69, 9.17) is 4.74 Å². The molecular formula is C15H20O3. The zero-order chi connectivity index (χ0) is 13.0. The highest BCUT2D eigenvalue weighted by molar-refractivity contribution is 5.76. The Labute approximate surface area is 108 Å². The largest absolute Gasteiger partial charge is 0.508 e. The van der Waals surface area contributed by atoms with Gasteiger partial charge in [-0.15, -0.1) is 0 Å². The summed E-state index contributed by atoms with van der Waals surface area (Å²) in [6, 6.07) is 6.95. The van der Waals surface area contributed by atoms with Crippen molar-refractivity contribution in [2.45, 2.75) is 45.6 Å². The molecular weight excluding hydrogens is 228 g/mol. The number of para-hydroxylation sites is 1. The average Bonchev–Trinajstić information content (AvgIpc) is 2.38. The Balaban J connectivity index is 1.94. The minimum atomic E-state index is -0.331. The molecule has 0 heterocycles. The number of rotatable bonds is 3. The normalized spacial score (nSPS) is 18.3. The number of hydrogen-bond donors (Lipinski definition) is 1. The molecule has 98 valence electrons. The van der Waals surface area contributed by atoms with Crippen LogP contribution in [-0.4, -0.2) is 11.1 Å². The Bertz CT molecular complexity index is 420. The van der Waals surface area contributed by atoms with Crippen LogP contribution in [0.1, 0.15) is 44.6 Å². The molecule has 0 bridgehead atoms. The maximum Gasteiger partial charge on any atom is 0.312 e. The van der Waals surface area contributed by atoms with E-state index in [0.29, 0.717) is 5.56 Å². The molecule has 1 N–H and O–H groups in total. The third kappa shape index (κ3) is 2.84. The number of ether oxygens (including phenoxy) is 1. The topological polar surface area (TPSA) is 46.5 Å². The van der Waals surface area contributed by atoms with E-state index in [1.807, 2.05) is 13.0 Å². The summed E-state index contributed by atoms with van der Waals surface area (Å²) in [5.41, 5.74) is 0.327. The van der Waals surface area contributed by atoms with Crippen molar-refractivity contribution in [3.63, 3.8) is 0 Å². The number of hydrogen-bond acceptors (Lipinski definition) is 3. The Morgan fingerprint density at radius 1 is 1.28 bits per heavy atom. The van der Waals surface area contributed by atoms with Gasteiger partial charge in [-0.05, 0) is 25.8 Å². The third-order valence-corrected chi connectivity index (χ3v) is 3.80. The highest BCUT2D eigenvalue weighted by atomic mass is 16.5. The molecule has 1 saturated carbocycles. The van der Waals surface area contributed by atoms with Crippen LogP contribution in [0.2, 0.25) is 0 Å². The van der Waals surface area contributed by atoms with Crippen molar-refractivity contribution in [1.82, 2.24) is 0 Å². The minimum absolute atomic E-state index is 0.134. The lowest BCUT2D eigenvalue weighted by Crippen LogP contribution is -2.31. The second kappa shape index (κ2) is 5.42. The first kappa shape index (κ1) is 12.9. The molecule has 18 heavy (non-hydrogen) atoms. The van der Waals surface area contributed by atoms with Gasteiger partial charge >= 0.3 is 5.97 Å². The van der Waals surface area contributed by atoms with Crippen LogP contribution in [0.25, 0.3) is 0 Å². The molecule has 1 aliphatic carbocycles. The van der Waals surface area contributed by atoms with Crippen LogP contribution >= 0.6 is 0 Å². The van der Waals surface area contributed by atoms with E-state index in [0.717, 1.165) is 25.7 Å². The fraction of sp³-hybridized carbons (Fsp3) is 0.533. The summed E-state index contributed by atoms with van der Waals surface area (Å²) in [7, 11) is 0. The number of esters is 1. The second-order valence-electron chi connectivity index (χ2n) is 5.33. The highest BCUT2D eigenvalue weighted by Crippen LogP contribution is 2.37. The molecule has 0 radical (unpaired) electrons. The zero-order valence-corrected chi connectivity index (χ0v) is 10.8. The van der Waals surface area contributed by atoms with Gasteiger partial charge in [0.25, 0.3) is 0 Å². The SMILES string of the molecule is CC1(C(=O)OCc2ccccc2O)CCCCC1. The second-order valence-corrected chi connectivity index (χ2v) is 5.33. The van der Waals surface area contributed by atoms with Crippen molar-refractivity contribution in [1.29, 1.82) is 0 Å². The van der Waals surface area contributed by atoms with E-state index >= 15 is 0 Å². The summed E-state index contributed by atoms with van der Waals surface area (Å²) in [4.78, 5) is 12.1. The molecule has 1 fully saturated rings. The van der Waals surface area contributed by atoms with E-state index in [-0.39, 0.29) is 23.7 Å². The van der Waals surface area contributed by atoms with Gasteiger partial charge in [0.1, 0.15) is 12.4 Å². The number of aromatic hydroxyl groups is 1. The van der Waals surface area contributed by atoms with Crippen LogP contribution < -0.4 is 0 Å². The maximum atomic E-state index is 12.1. The molecule has 0 aliphatic heterocycles. The van der Waals surface area contributed by atoms with Crippen molar-refractivity contribution in [2.75, 3.05) is 0 Å². The first-order valence-corrected chi connectivity index (χ1v) is 6.56. The summed E-state index contributed by atoms with van der Waals surface area (Å²) in [5, 5.41) is 9.61. The fourth-order valence-corrected chi connectivity index (χ4v) is 2.49. The van der Waals surface area contributed by atoms with Gasteiger partial charge in [-0.25, -0.2) is 0 Å². The first-order chi connectivity index (χ1) is 8.62. The summed E-state index contributed by atoms with van der Waals surface area (Å²) in [6.07, 6.45) is 5.23. The molecule has 0 aromatic heterocycles. The molecule has 3 heteroatoms. The minimum Gasteiger partial charge on any atom is -0.508 e. The Hall–Kier alpha value is -1.51. The number of phenols is 1. The Kier molecular flexibility index (Phi) is 3.90. The molecule has 0 spiro atoms. The molecule has 1 aromatic carbocycles. The van der Waals surface area contributed by atoms with E-state index in [9.17, 15) is 9.90 Å². The van der Waals surface area contributed by atoms with Crippen molar-refractivity contribution < 1.29 is 14.6 Å². The number of phenolic OH excluding ortho intramolecular Hbond substituents is 1. The van der Waals surface area contributed by atoms with Crippen LogP contribution in [-0.2, 0) is 16.1 Å². The molecule has 0 atom stereocenters. The van der Waals surface area contributed by atoms with Gasteiger partial charge in [0.2, 0.25) is 0 Å². The van der Waals surface area contributed by atoms with E-state index in [2.05, 4.69) is 0 Å². The first-order valence-electron chi connectivity index (χ1n) is 6.56. The fourth-order valence-electron chi connectivity index (χ4n) is 2.49. The zero-order valence-electron chi connectivity index (χ0n) is 10.8. The predicted octanol–water partition coefficient (Wildman–Crippen LogP) is 3.41. The molecule has 3 nitrogen and oxygen atoms in total. The molecule has 0 unspecified atom stereocenters. The quantitative estimate of drug-likeness (QED) is 0.834. The van der Waals surface area contributed by atoms with Crippen molar-refractivity contribution in [3.8, 4) is 5.75 Å². The van der Waals surface area contributed by atoms with Gasteiger partial charge in [0.15, 0.2) is 0 Å². The molecule has 0 amide bonds. The summed E-state index contributed by atoms with van der Waals surface area (Å²) >= 11 is 0. The summed E-state index contributed by atoms with van der Waals surface area (Å²) in [5.74, 6) is 0.0459. The maximum absolute atomic E-state index is 12.1. The molecule has 1 aliphatic rings. The van der Waals surface area contributed by atoms with E-state index < -0.39 is 0 Å². The summed E-state index contributed by atoms with van der Waals surface area (Å²) in [6.45, 7) is 2.14. The van der Waals surface area contributed by atoms with Crippen LogP contribution in [0.15, 0.2) is 24.3 Å². The van der Waals surface area contributed by atoms with Crippen LogP contribution in [0, 0.1) is 5.41 Å². The third-order valence-electron chi connectivity index (χ3n) is 3.80. The standard InChI is InChI=1S/C15H20O3/c1-15(9-5-2-6-10-15)14(17)18-11-12-7-3-4-8-13(12)16/h3-4,7-8,16H,2,5-6,9-11H2,1H3. The average molecular weight is 248 g/mol. The van der Waals surface area contributed by atoms with Gasteiger partial charge in [0, 0.05) is 5.56 Å². The smallest absolute Gasteiger partial charge is 0.312 e. The molecule has 2 rings (SSSR count). The van der Waals surface area contributed by atoms with Gasteiger partial charge in [-0.2, -0.15) is 0 Å². The summed E-state index contributed by atoms with van der Waals surface area (Å²) < 4.78 is 5.35. The van der Waals surface area contributed by atoms with Crippen molar-refractivity contribution >= 4 is 5.97 Å². The van der Waals surface area contributed by atoms with Gasteiger partial charge < -0.3 is 9.84 Å². The lowest BCUT2D eigenvalue weighted by molar-refractivity contribution is -0.158. The Morgan fingerprint density at radius 2 is 1.94 bits per heavy atom. The van der Waals surface area contributed by atoms with Gasteiger partial charge in [-0.3, -0.25) is 4.79 Å². The number of benzene rings is 1. The van der Waals surface area contributed by atoms with Crippen LogP contribution in [0.4, 0.5) is 0 Å². The van der Waals surface area contributed by atoms with Crippen LogP contribution in [0.5, 0.6) is 5.75 Å². The van der Waals surface area contributed by atoms with E-state index in [1.54, 1.807) is 18.2 Å². The van der Waals surface area contributed by atoms with E-state index in [1.165, 1.54) is 6.42 Å². The highest BCUT2D eigenvalue weighted by Gasteiger charge is 2.36. The lowest BCUT2D eigenvalue weighted by atomic mass is 9.76. The number of carbonyl (C=O) groups is 1. The monoisotopic (exact) mass is 248 g/mol. The Morgan fingerprint density at radius 3 is 2.61 bits per heavy atom.